The Morgan fingerprint density at radius 3 is 2.68 bits per heavy atom. The molecule has 0 saturated carbocycles. The molecule has 138 valence electrons. The van der Waals surface area contributed by atoms with Gasteiger partial charge >= 0.3 is 0 Å². The van der Waals surface area contributed by atoms with Crippen LogP contribution in [0.15, 0.2) is 30.3 Å². The lowest BCUT2D eigenvalue weighted by Gasteiger charge is -2.27. The van der Waals surface area contributed by atoms with E-state index in [1.54, 1.807) is 0 Å². The monoisotopic (exact) mass is 368 g/mol. The fourth-order valence-corrected chi connectivity index (χ4v) is 4.36. The molecule has 3 rings (SSSR count). The summed E-state index contributed by atoms with van der Waals surface area (Å²) in [5, 5.41) is 2.86. The smallest absolute Gasteiger partial charge is 0.280 e. The van der Waals surface area contributed by atoms with Crippen LogP contribution in [0.25, 0.3) is 0 Å². The molecule has 2 aliphatic heterocycles. The zero-order valence-corrected chi connectivity index (χ0v) is 14.9. The predicted octanol–water partition coefficient (Wildman–Crippen LogP) is -0.846. The van der Waals surface area contributed by atoms with Crippen LogP contribution in [0.1, 0.15) is 5.56 Å². The van der Waals surface area contributed by atoms with E-state index in [1.165, 1.54) is 4.31 Å². The first-order valence-electron chi connectivity index (χ1n) is 8.44. The van der Waals surface area contributed by atoms with Crippen LogP contribution in [0.4, 0.5) is 0 Å². The predicted molar refractivity (Wildman–Crippen MR) is 93.0 cm³/mol. The Morgan fingerprint density at radius 1 is 1.24 bits per heavy atom. The zero-order chi connectivity index (χ0) is 17.7. The van der Waals surface area contributed by atoms with Crippen LogP contribution >= 0.6 is 0 Å². The van der Waals surface area contributed by atoms with Gasteiger partial charge in [0, 0.05) is 39.3 Å². The maximum Gasteiger partial charge on any atom is 0.280 e. The van der Waals surface area contributed by atoms with Crippen LogP contribution in [-0.4, -0.2) is 75.5 Å². The van der Waals surface area contributed by atoms with Gasteiger partial charge in [-0.3, -0.25) is 9.69 Å². The van der Waals surface area contributed by atoms with Crippen molar-refractivity contribution in [3.05, 3.63) is 35.9 Å². The number of amides is 1. The van der Waals surface area contributed by atoms with Crippen molar-refractivity contribution in [1.29, 1.82) is 0 Å². The first-order chi connectivity index (χ1) is 12.1. The average molecular weight is 368 g/mol. The van der Waals surface area contributed by atoms with Gasteiger partial charge in [0.25, 0.3) is 10.2 Å². The summed E-state index contributed by atoms with van der Waals surface area (Å²) in [5.74, 6) is -0.266. The lowest BCUT2D eigenvalue weighted by atomic mass is 10.2. The van der Waals surface area contributed by atoms with Gasteiger partial charge in [-0.2, -0.15) is 17.4 Å². The lowest BCUT2D eigenvalue weighted by Crippen LogP contribution is -2.48. The molecule has 2 fully saturated rings. The van der Waals surface area contributed by atoms with Gasteiger partial charge in [-0.15, -0.1) is 0 Å². The highest BCUT2D eigenvalue weighted by molar-refractivity contribution is 7.87. The van der Waals surface area contributed by atoms with Gasteiger partial charge in [-0.25, -0.2) is 0 Å². The second kappa shape index (κ2) is 8.24. The summed E-state index contributed by atoms with van der Waals surface area (Å²) < 4.78 is 33.4. The number of nitrogens with one attached hydrogen (secondary N) is 2. The molecule has 1 atom stereocenters. The van der Waals surface area contributed by atoms with Crippen LogP contribution in [0.3, 0.4) is 0 Å². The maximum absolute atomic E-state index is 12.5. The molecular formula is C16H24N4O4S. The van der Waals surface area contributed by atoms with E-state index < -0.39 is 16.3 Å². The number of benzene rings is 1. The fourth-order valence-electron chi connectivity index (χ4n) is 3.00. The molecule has 0 bridgehead atoms. The largest absolute Gasteiger partial charge is 0.379 e. The van der Waals surface area contributed by atoms with Gasteiger partial charge in [0.05, 0.1) is 13.2 Å². The SMILES string of the molecule is O=C(NCCN1CCOCC1)C1CNS(=O)(=O)N1Cc1ccccc1. The molecule has 1 unspecified atom stereocenters. The molecule has 1 amide bonds. The Morgan fingerprint density at radius 2 is 1.96 bits per heavy atom. The molecule has 0 radical (unpaired) electrons. The first kappa shape index (κ1) is 18.3. The second-order valence-corrected chi connectivity index (χ2v) is 7.85. The lowest BCUT2D eigenvalue weighted by molar-refractivity contribution is -0.124. The van der Waals surface area contributed by atoms with E-state index in [0.717, 1.165) is 25.2 Å². The topological polar surface area (TPSA) is 91.0 Å². The van der Waals surface area contributed by atoms with Crippen molar-refractivity contribution in [2.45, 2.75) is 12.6 Å². The molecule has 9 heteroatoms. The third kappa shape index (κ3) is 4.77. The summed E-state index contributed by atoms with van der Waals surface area (Å²) in [4.78, 5) is 14.7. The van der Waals surface area contributed by atoms with Crippen molar-refractivity contribution in [3.63, 3.8) is 0 Å². The third-order valence-corrected chi connectivity index (χ3v) is 5.96. The highest BCUT2D eigenvalue weighted by atomic mass is 32.2. The summed E-state index contributed by atoms with van der Waals surface area (Å²) >= 11 is 0. The molecule has 1 aromatic rings. The van der Waals surface area contributed by atoms with E-state index in [4.69, 9.17) is 4.74 Å². The van der Waals surface area contributed by atoms with Crippen LogP contribution in [0.5, 0.6) is 0 Å². The fraction of sp³-hybridized carbons (Fsp3) is 0.562. The highest BCUT2D eigenvalue weighted by Gasteiger charge is 2.41. The van der Waals surface area contributed by atoms with E-state index in [0.29, 0.717) is 19.8 Å². The zero-order valence-electron chi connectivity index (χ0n) is 14.1. The van der Waals surface area contributed by atoms with Gasteiger partial charge in [0.1, 0.15) is 6.04 Å². The molecule has 1 aromatic carbocycles. The van der Waals surface area contributed by atoms with Crippen LogP contribution in [0, 0.1) is 0 Å². The van der Waals surface area contributed by atoms with Crippen molar-refractivity contribution in [2.75, 3.05) is 45.9 Å². The van der Waals surface area contributed by atoms with E-state index in [9.17, 15) is 13.2 Å². The minimum absolute atomic E-state index is 0.0958. The Hall–Kier alpha value is -1.52. The maximum atomic E-state index is 12.5. The van der Waals surface area contributed by atoms with Crippen molar-refractivity contribution < 1.29 is 17.9 Å². The molecule has 2 N–H and O–H groups in total. The normalized spacial score (nSPS) is 24.2. The van der Waals surface area contributed by atoms with Crippen molar-refractivity contribution >= 4 is 16.1 Å². The Labute approximate surface area is 148 Å². The summed E-state index contributed by atoms with van der Waals surface area (Å²) in [7, 11) is -3.63. The second-order valence-electron chi connectivity index (χ2n) is 6.15. The number of carbonyl (C=O) groups excluding carboxylic acids is 1. The number of hydrogen-bond donors (Lipinski definition) is 2. The number of hydrogen-bond acceptors (Lipinski definition) is 5. The number of morpholine rings is 1. The minimum atomic E-state index is -3.63. The minimum Gasteiger partial charge on any atom is -0.379 e. The van der Waals surface area contributed by atoms with E-state index >= 15 is 0 Å². The Balaban J connectivity index is 1.56. The number of ether oxygens (including phenoxy) is 1. The molecule has 0 aliphatic carbocycles. The summed E-state index contributed by atoms with van der Waals surface area (Å²) in [6, 6.07) is 8.54. The molecule has 8 nitrogen and oxygen atoms in total. The van der Waals surface area contributed by atoms with Crippen molar-refractivity contribution in [3.8, 4) is 0 Å². The molecule has 0 spiro atoms. The number of rotatable bonds is 6. The average Bonchev–Trinajstić information content (AvgIpc) is 2.91. The quantitative estimate of drug-likeness (QED) is 0.683. The summed E-state index contributed by atoms with van der Waals surface area (Å²) in [6.07, 6.45) is 0. The standard InChI is InChI=1S/C16H24N4O4S/c21-16(17-6-7-19-8-10-24-11-9-19)15-12-18-25(22,23)20(15)13-14-4-2-1-3-5-14/h1-5,15,18H,6-13H2,(H,17,21). The van der Waals surface area contributed by atoms with E-state index in [2.05, 4.69) is 14.9 Å². The summed E-state index contributed by atoms with van der Waals surface area (Å²) in [5.41, 5.74) is 0.848. The van der Waals surface area contributed by atoms with Gasteiger partial charge < -0.3 is 10.1 Å². The first-order valence-corrected chi connectivity index (χ1v) is 9.88. The van der Waals surface area contributed by atoms with Crippen LogP contribution < -0.4 is 10.0 Å². The van der Waals surface area contributed by atoms with Crippen LogP contribution in [0.2, 0.25) is 0 Å². The Kier molecular flexibility index (Phi) is 6.02. The molecule has 25 heavy (non-hydrogen) atoms. The van der Waals surface area contributed by atoms with Crippen LogP contribution in [-0.2, 0) is 26.3 Å². The van der Waals surface area contributed by atoms with Crippen molar-refractivity contribution in [1.82, 2.24) is 19.2 Å². The molecular weight excluding hydrogens is 344 g/mol. The molecule has 2 saturated heterocycles. The summed E-state index contributed by atoms with van der Waals surface area (Å²) in [6.45, 7) is 4.64. The number of nitrogens with zero attached hydrogens (tertiary/aromatic N) is 2. The molecule has 0 aromatic heterocycles. The number of carbonyl (C=O) groups is 1. The third-order valence-electron chi connectivity index (χ3n) is 4.43. The van der Waals surface area contributed by atoms with Gasteiger partial charge in [-0.1, -0.05) is 30.3 Å². The Bertz CT molecular complexity index is 677. The molecule has 2 aliphatic rings. The van der Waals surface area contributed by atoms with Gasteiger partial charge in [0.2, 0.25) is 5.91 Å². The van der Waals surface area contributed by atoms with Crippen molar-refractivity contribution in [2.24, 2.45) is 0 Å². The van der Waals surface area contributed by atoms with E-state index in [1.807, 2.05) is 30.3 Å². The highest BCUT2D eigenvalue weighted by Crippen LogP contribution is 2.17. The van der Waals surface area contributed by atoms with E-state index in [-0.39, 0.29) is 19.0 Å². The van der Waals surface area contributed by atoms with Gasteiger partial charge in [-0.05, 0) is 5.56 Å². The molecule has 2 heterocycles. The van der Waals surface area contributed by atoms with Gasteiger partial charge in [0.15, 0.2) is 0 Å².